The third kappa shape index (κ3) is 2.12. The SMILES string of the molecule is Brc1cncc(Cc2nnco2)c1. The maximum Gasteiger partial charge on any atom is 0.220 e. The van der Waals surface area contributed by atoms with Crippen molar-refractivity contribution in [1.82, 2.24) is 15.2 Å². The quantitative estimate of drug-likeness (QED) is 0.803. The molecule has 0 bridgehead atoms. The van der Waals surface area contributed by atoms with Gasteiger partial charge in [0.2, 0.25) is 12.3 Å². The van der Waals surface area contributed by atoms with Gasteiger partial charge in [0, 0.05) is 16.9 Å². The largest absolute Gasteiger partial charge is 0.428 e. The Kier molecular flexibility index (Phi) is 2.35. The molecule has 0 radical (unpaired) electrons. The third-order valence-corrected chi connectivity index (χ3v) is 1.96. The summed E-state index contributed by atoms with van der Waals surface area (Å²) >= 11 is 3.34. The standard InChI is InChI=1S/C8H6BrN3O/c9-7-1-6(3-10-4-7)2-8-12-11-5-13-8/h1,3-5H,2H2. The first-order chi connectivity index (χ1) is 6.34. The summed E-state index contributed by atoms with van der Waals surface area (Å²) in [5.41, 5.74) is 1.04. The topological polar surface area (TPSA) is 51.8 Å². The Morgan fingerprint density at radius 1 is 1.38 bits per heavy atom. The Morgan fingerprint density at radius 3 is 3.00 bits per heavy atom. The van der Waals surface area contributed by atoms with Gasteiger partial charge in [0.1, 0.15) is 0 Å². The van der Waals surface area contributed by atoms with Crippen LogP contribution in [0, 0.1) is 0 Å². The minimum absolute atomic E-state index is 0.597. The van der Waals surface area contributed by atoms with Crippen LogP contribution >= 0.6 is 15.9 Å². The molecule has 0 atom stereocenters. The fraction of sp³-hybridized carbons (Fsp3) is 0.125. The second-order valence-corrected chi connectivity index (χ2v) is 3.44. The minimum Gasteiger partial charge on any atom is -0.428 e. The smallest absolute Gasteiger partial charge is 0.220 e. The molecule has 66 valence electrons. The summed E-state index contributed by atoms with van der Waals surface area (Å²) in [5, 5.41) is 7.37. The van der Waals surface area contributed by atoms with Crippen LogP contribution in [0.15, 0.2) is 33.7 Å². The molecule has 0 amide bonds. The van der Waals surface area contributed by atoms with Gasteiger partial charge in [0.25, 0.3) is 0 Å². The molecule has 13 heavy (non-hydrogen) atoms. The highest BCUT2D eigenvalue weighted by atomic mass is 79.9. The monoisotopic (exact) mass is 239 g/mol. The van der Waals surface area contributed by atoms with Crippen molar-refractivity contribution >= 4 is 15.9 Å². The molecule has 2 aromatic rings. The van der Waals surface area contributed by atoms with E-state index < -0.39 is 0 Å². The molecule has 0 saturated heterocycles. The molecule has 2 rings (SSSR count). The van der Waals surface area contributed by atoms with Crippen LogP contribution < -0.4 is 0 Å². The fourth-order valence-electron chi connectivity index (χ4n) is 1.00. The molecule has 5 heteroatoms. The van der Waals surface area contributed by atoms with Gasteiger partial charge in [-0.2, -0.15) is 0 Å². The Hall–Kier alpha value is -1.23. The predicted molar refractivity (Wildman–Crippen MR) is 49.0 cm³/mol. The van der Waals surface area contributed by atoms with E-state index in [2.05, 4.69) is 31.1 Å². The lowest BCUT2D eigenvalue weighted by atomic mass is 10.2. The lowest BCUT2D eigenvalue weighted by Crippen LogP contribution is -1.89. The number of pyridine rings is 1. The van der Waals surface area contributed by atoms with Crippen molar-refractivity contribution in [3.8, 4) is 0 Å². The lowest BCUT2D eigenvalue weighted by molar-refractivity contribution is 0.504. The molecule has 0 saturated carbocycles. The Labute approximate surface area is 83.1 Å². The van der Waals surface area contributed by atoms with Gasteiger partial charge in [0.15, 0.2) is 0 Å². The normalized spacial score (nSPS) is 10.2. The summed E-state index contributed by atoms with van der Waals surface area (Å²) in [7, 11) is 0. The molecule has 4 nitrogen and oxygen atoms in total. The molecule has 0 N–H and O–H groups in total. The van der Waals surface area contributed by atoms with E-state index in [1.54, 1.807) is 12.4 Å². The van der Waals surface area contributed by atoms with Crippen molar-refractivity contribution in [3.05, 3.63) is 40.8 Å². The minimum atomic E-state index is 0.597. The van der Waals surface area contributed by atoms with E-state index in [9.17, 15) is 0 Å². The van der Waals surface area contributed by atoms with E-state index in [-0.39, 0.29) is 0 Å². The van der Waals surface area contributed by atoms with Crippen LogP contribution in [-0.2, 0) is 6.42 Å². The molecule has 2 heterocycles. The maximum atomic E-state index is 5.01. The van der Waals surface area contributed by atoms with E-state index in [0.29, 0.717) is 12.3 Å². The molecule has 0 unspecified atom stereocenters. The number of hydrogen-bond acceptors (Lipinski definition) is 4. The lowest BCUT2D eigenvalue weighted by Gasteiger charge is -1.95. The average Bonchev–Trinajstić information content (AvgIpc) is 2.57. The van der Waals surface area contributed by atoms with Gasteiger partial charge in [-0.25, -0.2) is 0 Å². The maximum absolute atomic E-state index is 5.01. The molecule has 0 aliphatic rings. The molecule has 0 fully saturated rings. The Morgan fingerprint density at radius 2 is 2.31 bits per heavy atom. The molecule has 2 aromatic heterocycles. The van der Waals surface area contributed by atoms with Crippen molar-refractivity contribution in [2.75, 3.05) is 0 Å². The van der Waals surface area contributed by atoms with E-state index in [1.807, 2.05) is 6.07 Å². The van der Waals surface area contributed by atoms with Crippen LogP contribution in [-0.4, -0.2) is 15.2 Å². The molecule has 0 aliphatic heterocycles. The number of rotatable bonds is 2. The van der Waals surface area contributed by atoms with Crippen molar-refractivity contribution in [3.63, 3.8) is 0 Å². The van der Waals surface area contributed by atoms with E-state index in [4.69, 9.17) is 4.42 Å². The van der Waals surface area contributed by atoms with Crippen molar-refractivity contribution in [2.24, 2.45) is 0 Å². The first kappa shape index (κ1) is 8.37. The van der Waals surface area contributed by atoms with Crippen molar-refractivity contribution in [1.29, 1.82) is 0 Å². The highest BCUT2D eigenvalue weighted by Crippen LogP contribution is 2.12. The van der Waals surface area contributed by atoms with Gasteiger partial charge < -0.3 is 4.42 Å². The summed E-state index contributed by atoms with van der Waals surface area (Å²) in [6, 6.07) is 1.97. The average molecular weight is 240 g/mol. The molecular weight excluding hydrogens is 234 g/mol. The van der Waals surface area contributed by atoms with Crippen molar-refractivity contribution in [2.45, 2.75) is 6.42 Å². The summed E-state index contributed by atoms with van der Waals surface area (Å²) in [4.78, 5) is 4.03. The van der Waals surface area contributed by atoms with Crippen LogP contribution in [0.2, 0.25) is 0 Å². The van der Waals surface area contributed by atoms with Gasteiger partial charge in [-0.1, -0.05) is 0 Å². The zero-order chi connectivity index (χ0) is 9.10. The van der Waals surface area contributed by atoms with Gasteiger partial charge in [0.05, 0.1) is 6.42 Å². The summed E-state index contributed by atoms with van der Waals surface area (Å²) in [5.74, 6) is 0.597. The summed E-state index contributed by atoms with van der Waals surface area (Å²) < 4.78 is 5.96. The molecular formula is C8H6BrN3O. The van der Waals surface area contributed by atoms with Gasteiger partial charge in [-0.05, 0) is 27.6 Å². The Balaban J connectivity index is 2.19. The van der Waals surface area contributed by atoms with E-state index in [0.717, 1.165) is 10.0 Å². The summed E-state index contributed by atoms with van der Waals surface area (Å²) in [6.45, 7) is 0. The highest BCUT2D eigenvalue weighted by molar-refractivity contribution is 9.10. The third-order valence-electron chi connectivity index (χ3n) is 1.52. The van der Waals surface area contributed by atoms with Crippen LogP contribution in [0.5, 0.6) is 0 Å². The van der Waals surface area contributed by atoms with Crippen molar-refractivity contribution < 1.29 is 4.42 Å². The van der Waals surface area contributed by atoms with Gasteiger partial charge in [-0.3, -0.25) is 4.98 Å². The Bertz CT molecular complexity index is 388. The first-order valence-corrected chi connectivity index (χ1v) is 4.48. The molecule has 0 spiro atoms. The van der Waals surface area contributed by atoms with Crippen LogP contribution in [0.25, 0.3) is 0 Å². The second-order valence-electron chi connectivity index (χ2n) is 2.52. The van der Waals surface area contributed by atoms with Crippen LogP contribution in [0.3, 0.4) is 0 Å². The predicted octanol–water partition coefficient (Wildman–Crippen LogP) is 1.82. The second kappa shape index (κ2) is 3.66. The number of hydrogen-bond donors (Lipinski definition) is 0. The molecule has 0 aromatic carbocycles. The fourth-order valence-corrected chi connectivity index (χ4v) is 1.41. The number of halogens is 1. The van der Waals surface area contributed by atoms with Gasteiger partial charge >= 0.3 is 0 Å². The van der Waals surface area contributed by atoms with E-state index in [1.165, 1.54) is 6.39 Å². The molecule has 0 aliphatic carbocycles. The number of nitrogens with zero attached hydrogens (tertiary/aromatic N) is 3. The zero-order valence-electron chi connectivity index (χ0n) is 6.64. The zero-order valence-corrected chi connectivity index (χ0v) is 8.23. The summed E-state index contributed by atoms with van der Waals surface area (Å²) in [6.07, 6.45) is 5.44. The highest BCUT2D eigenvalue weighted by Gasteiger charge is 2.01. The first-order valence-electron chi connectivity index (χ1n) is 3.69. The number of aromatic nitrogens is 3. The van der Waals surface area contributed by atoms with E-state index >= 15 is 0 Å². The van der Waals surface area contributed by atoms with Gasteiger partial charge in [-0.15, -0.1) is 10.2 Å². The van der Waals surface area contributed by atoms with Crippen LogP contribution in [0.4, 0.5) is 0 Å². The van der Waals surface area contributed by atoms with Crippen LogP contribution in [0.1, 0.15) is 11.5 Å².